The van der Waals surface area contributed by atoms with Crippen molar-refractivity contribution in [3.8, 4) is 0 Å². The van der Waals surface area contributed by atoms with Gasteiger partial charge in [0.1, 0.15) is 0 Å². The Morgan fingerprint density at radius 1 is 0.778 bits per heavy atom. The van der Waals surface area contributed by atoms with Crippen LogP contribution in [0.1, 0.15) is 123 Å². The van der Waals surface area contributed by atoms with Gasteiger partial charge < -0.3 is 14.9 Å². The summed E-state index contributed by atoms with van der Waals surface area (Å²) in [4.78, 5) is 34.1. The van der Waals surface area contributed by atoms with E-state index in [1.165, 1.54) is 95.6 Å². The van der Waals surface area contributed by atoms with Crippen molar-refractivity contribution in [3.05, 3.63) is 36.0 Å². The number of allylic oxidation sites excluding steroid dienone is 2. The first-order valence-corrected chi connectivity index (χ1v) is 14.0. The van der Waals surface area contributed by atoms with Crippen molar-refractivity contribution in [1.29, 1.82) is 0 Å². The molecule has 0 aromatic rings. The second-order valence-electron chi connectivity index (χ2n) is 9.70. The van der Waals surface area contributed by atoms with Gasteiger partial charge in [-0.3, -0.25) is 0 Å². The molecule has 0 aromatic heterocycles. The first-order chi connectivity index (χ1) is 17.3. The minimum Gasteiger partial charge on any atom is -0.478 e. The van der Waals surface area contributed by atoms with Crippen LogP contribution in [0.5, 0.6) is 0 Å². The van der Waals surface area contributed by atoms with Crippen LogP contribution in [0.2, 0.25) is 0 Å². The molecule has 0 aliphatic rings. The number of aliphatic carboxylic acids is 2. The molecule has 0 saturated carbocycles. The van der Waals surface area contributed by atoms with E-state index in [2.05, 4.69) is 13.5 Å². The number of hydrogen-bond donors (Lipinski definition) is 2. The Bertz CT molecular complexity index is 692. The van der Waals surface area contributed by atoms with Crippen LogP contribution in [0.4, 0.5) is 0 Å². The van der Waals surface area contributed by atoms with Crippen LogP contribution in [0, 0.1) is 5.92 Å². The highest BCUT2D eigenvalue weighted by atomic mass is 16.5. The van der Waals surface area contributed by atoms with Gasteiger partial charge in [0, 0.05) is 23.1 Å². The smallest absolute Gasteiger partial charge is 0.333 e. The fourth-order valence-electron chi connectivity index (χ4n) is 4.03. The van der Waals surface area contributed by atoms with Crippen molar-refractivity contribution in [1.82, 2.24) is 0 Å². The van der Waals surface area contributed by atoms with Crippen LogP contribution in [0.25, 0.3) is 0 Å². The zero-order valence-electron chi connectivity index (χ0n) is 22.8. The first kappa shape index (κ1) is 33.6. The molecule has 6 heteroatoms. The highest BCUT2D eigenvalue weighted by molar-refractivity contribution is 5.90. The second kappa shape index (κ2) is 23.1. The van der Waals surface area contributed by atoms with Gasteiger partial charge in [-0.05, 0) is 12.8 Å². The van der Waals surface area contributed by atoms with E-state index in [-0.39, 0.29) is 17.6 Å². The lowest BCUT2D eigenvalue weighted by molar-refractivity contribution is -0.139. The van der Waals surface area contributed by atoms with Crippen molar-refractivity contribution in [2.75, 3.05) is 6.61 Å². The van der Waals surface area contributed by atoms with E-state index in [4.69, 9.17) is 9.84 Å². The summed E-state index contributed by atoms with van der Waals surface area (Å²) in [5.74, 6) is -3.43. The molecule has 0 radical (unpaired) electrons. The maximum atomic E-state index is 12.1. The fraction of sp³-hybridized carbons (Fsp3) is 0.700. The monoisotopic (exact) mass is 506 g/mol. The quantitative estimate of drug-likeness (QED) is 0.0780. The van der Waals surface area contributed by atoms with E-state index < -0.39 is 23.8 Å². The largest absolute Gasteiger partial charge is 0.478 e. The standard InChI is InChI=1S/C30H50O6/c1-4-5-6-7-8-9-10-11-12-13-14-15-16-17-18-19-24-36-30(35)26(3)20-22-27(29(33)34)25(2)21-23-28(31)32/h21-23,25H,3-20,24H2,1-2H3,(H,31,32)(H,33,34). The van der Waals surface area contributed by atoms with Crippen molar-refractivity contribution in [2.24, 2.45) is 5.92 Å². The molecule has 0 spiro atoms. The van der Waals surface area contributed by atoms with E-state index in [1.807, 2.05) is 0 Å². The topological polar surface area (TPSA) is 101 Å². The van der Waals surface area contributed by atoms with Gasteiger partial charge in [0.05, 0.1) is 6.61 Å². The number of carbonyl (C=O) groups excluding carboxylic acids is 1. The molecule has 0 rings (SSSR count). The van der Waals surface area contributed by atoms with Gasteiger partial charge in [-0.25, -0.2) is 14.4 Å². The zero-order valence-corrected chi connectivity index (χ0v) is 22.8. The first-order valence-electron chi connectivity index (χ1n) is 14.0. The number of carboxylic acids is 2. The number of carboxylic acid groups (broad SMARTS) is 2. The number of esters is 1. The maximum Gasteiger partial charge on any atom is 0.333 e. The molecule has 6 nitrogen and oxygen atoms in total. The Morgan fingerprint density at radius 3 is 1.64 bits per heavy atom. The lowest BCUT2D eigenvalue weighted by Gasteiger charge is -2.09. The summed E-state index contributed by atoms with van der Waals surface area (Å²) in [6, 6.07) is 0. The predicted octanol–water partition coefficient (Wildman–Crippen LogP) is 8.03. The van der Waals surface area contributed by atoms with E-state index in [0.29, 0.717) is 6.61 Å². The Hall–Kier alpha value is -2.37. The van der Waals surface area contributed by atoms with Crippen LogP contribution in [-0.2, 0) is 19.1 Å². The SMILES string of the molecule is C=C(CC=C(C(=O)O)C(C)C=CC(=O)O)C(=O)OCCCCCCCCCCCCCCCCCC. The Morgan fingerprint density at radius 2 is 1.22 bits per heavy atom. The lowest BCUT2D eigenvalue weighted by atomic mass is 9.98. The summed E-state index contributed by atoms with van der Waals surface area (Å²) in [5, 5.41) is 18.0. The molecular weight excluding hydrogens is 456 g/mol. The summed E-state index contributed by atoms with van der Waals surface area (Å²) in [5.41, 5.74) is 0.193. The number of unbranched alkanes of at least 4 members (excludes halogenated alkanes) is 15. The molecule has 0 amide bonds. The Balaban J connectivity index is 3.78. The molecule has 0 aliphatic carbocycles. The van der Waals surface area contributed by atoms with Crippen LogP contribution >= 0.6 is 0 Å². The molecule has 1 unspecified atom stereocenters. The average molecular weight is 507 g/mol. The minimum absolute atomic E-state index is 0.0132. The van der Waals surface area contributed by atoms with E-state index in [0.717, 1.165) is 25.3 Å². The summed E-state index contributed by atoms with van der Waals surface area (Å²) in [6.07, 6.45) is 24.2. The molecular formula is C30H50O6. The Kier molecular flexibility index (Phi) is 21.5. The third-order valence-electron chi connectivity index (χ3n) is 6.35. The molecule has 1 atom stereocenters. The van der Waals surface area contributed by atoms with Crippen LogP contribution in [0.3, 0.4) is 0 Å². The second-order valence-corrected chi connectivity index (χ2v) is 9.70. The van der Waals surface area contributed by atoms with E-state index in [9.17, 15) is 19.5 Å². The molecule has 36 heavy (non-hydrogen) atoms. The lowest BCUT2D eigenvalue weighted by Crippen LogP contribution is -2.11. The highest BCUT2D eigenvalue weighted by Gasteiger charge is 2.15. The molecule has 2 N–H and O–H groups in total. The highest BCUT2D eigenvalue weighted by Crippen LogP contribution is 2.16. The van der Waals surface area contributed by atoms with Gasteiger partial charge in [-0.15, -0.1) is 0 Å². The summed E-state index contributed by atoms with van der Waals surface area (Å²) < 4.78 is 5.25. The number of rotatable bonds is 24. The number of hydrogen-bond acceptors (Lipinski definition) is 4. The van der Waals surface area contributed by atoms with Gasteiger partial charge >= 0.3 is 17.9 Å². The average Bonchev–Trinajstić information content (AvgIpc) is 2.84. The normalized spacial score (nSPS) is 12.6. The van der Waals surface area contributed by atoms with Gasteiger partial charge in [-0.1, -0.05) is 129 Å². The predicted molar refractivity (Wildman–Crippen MR) is 146 cm³/mol. The van der Waals surface area contributed by atoms with E-state index in [1.54, 1.807) is 6.92 Å². The zero-order chi connectivity index (χ0) is 27.0. The fourth-order valence-corrected chi connectivity index (χ4v) is 4.03. The molecule has 0 saturated heterocycles. The molecule has 206 valence electrons. The van der Waals surface area contributed by atoms with Crippen molar-refractivity contribution in [3.63, 3.8) is 0 Å². The van der Waals surface area contributed by atoms with Gasteiger partial charge in [0.25, 0.3) is 0 Å². The molecule has 0 heterocycles. The van der Waals surface area contributed by atoms with Crippen molar-refractivity contribution >= 4 is 17.9 Å². The molecule has 0 aliphatic heterocycles. The minimum atomic E-state index is -1.16. The molecule has 0 aromatic carbocycles. The van der Waals surface area contributed by atoms with Crippen molar-refractivity contribution < 1.29 is 29.3 Å². The third kappa shape index (κ3) is 19.9. The molecule has 0 bridgehead atoms. The third-order valence-corrected chi connectivity index (χ3v) is 6.35. The number of carbonyl (C=O) groups is 3. The van der Waals surface area contributed by atoms with Crippen molar-refractivity contribution in [2.45, 2.75) is 123 Å². The van der Waals surface area contributed by atoms with Gasteiger partial charge in [0.2, 0.25) is 0 Å². The van der Waals surface area contributed by atoms with Crippen LogP contribution < -0.4 is 0 Å². The summed E-state index contributed by atoms with van der Waals surface area (Å²) >= 11 is 0. The van der Waals surface area contributed by atoms with Crippen LogP contribution in [-0.4, -0.2) is 34.7 Å². The number of ether oxygens (including phenoxy) is 1. The van der Waals surface area contributed by atoms with Gasteiger partial charge in [0.15, 0.2) is 0 Å². The summed E-state index contributed by atoms with van der Waals surface area (Å²) in [6.45, 7) is 7.87. The summed E-state index contributed by atoms with van der Waals surface area (Å²) in [7, 11) is 0. The molecule has 0 fully saturated rings. The van der Waals surface area contributed by atoms with E-state index >= 15 is 0 Å². The van der Waals surface area contributed by atoms with Crippen LogP contribution in [0.15, 0.2) is 36.0 Å². The van der Waals surface area contributed by atoms with Gasteiger partial charge in [-0.2, -0.15) is 0 Å². The Labute approximate surface area is 218 Å². The maximum absolute atomic E-state index is 12.1.